The molecule has 0 aliphatic carbocycles. The Morgan fingerprint density at radius 2 is 0.804 bits per heavy atom. The van der Waals surface area contributed by atoms with E-state index in [1.807, 2.05) is 0 Å². The fourth-order valence-electron chi connectivity index (χ4n) is 18.6. The summed E-state index contributed by atoms with van der Waals surface area (Å²) in [7, 11) is 0. The molecular weight excluding hydrogens is 1240 g/mol. The van der Waals surface area contributed by atoms with Crippen molar-refractivity contribution in [2.75, 3.05) is 0 Å². The minimum atomic E-state index is 1.01. The van der Waals surface area contributed by atoms with Crippen LogP contribution >= 0.6 is 0 Å². The molecule has 484 valence electrons. The van der Waals surface area contributed by atoms with Crippen LogP contribution in [0.15, 0.2) is 267 Å². The van der Waals surface area contributed by atoms with Gasteiger partial charge in [-0.25, -0.2) is 8.97 Å². The molecule has 0 fully saturated rings. The topological polar surface area (TPSA) is 33.6 Å². The summed E-state index contributed by atoms with van der Waals surface area (Å²) in [6.07, 6.45) is 8.73. The highest BCUT2D eigenvalue weighted by Gasteiger charge is 2.33. The van der Waals surface area contributed by atoms with Crippen LogP contribution in [0, 0.1) is 41.5 Å². The van der Waals surface area contributed by atoms with Gasteiger partial charge >= 0.3 is 0 Å². The summed E-state index contributed by atoms with van der Waals surface area (Å²) in [6, 6.07) is 88.5. The minimum absolute atomic E-state index is 1.01. The van der Waals surface area contributed by atoms with Crippen molar-refractivity contribution in [2.24, 2.45) is 0 Å². The van der Waals surface area contributed by atoms with Crippen molar-refractivity contribution in [3.05, 3.63) is 335 Å². The van der Waals surface area contributed by atoms with E-state index in [1.54, 1.807) is 0 Å². The van der Waals surface area contributed by atoms with Crippen LogP contribution < -0.4 is 27.2 Å². The first-order chi connectivity index (χ1) is 50.1. The molecular formula is C94H74N8+6. The molecule has 26 rings (SSSR count). The van der Waals surface area contributed by atoms with Crippen LogP contribution in [0.3, 0.4) is 0 Å². The first-order valence-electron chi connectivity index (χ1n) is 36.1. The zero-order valence-electron chi connectivity index (χ0n) is 58.2. The normalized spacial score (nSPS) is 13.2. The van der Waals surface area contributed by atoms with Crippen LogP contribution in [-0.4, -0.2) is 9.25 Å². The van der Waals surface area contributed by atoms with Gasteiger partial charge in [-0.3, -0.25) is 0 Å². The van der Waals surface area contributed by atoms with E-state index >= 15 is 0 Å². The first-order valence-corrected chi connectivity index (χ1v) is 36.1. The lowest BCUT2D eigenvalue weighted by atomic mass is 9.94. The quantitative estimate of drug-likeness (QED) is 0.107. The van der Waals surface area contributed by atoms with Gasteiger partial charge in [0.25, 0.3) is 5.65 Å². The van der Waals surface area contributed by atoms with E-state index in [2.05, 4.69) is 345 Å². The number of pyridine rings is 6. The largest absolute Gasteiger partial charge is 0.295 e. The zero-order valence-corrected chi connectivity index (χ0v) is 58.2. The molecule has 0 spiro atoms. The van der Waals surface area contributed by atoms with Crippen LogP contribution in [0.2, 0.25) is 0 Å². The smallest absolute Gasteiger partial charge is 0.223 e. The Balaban J connectivity index is 0.0000000799. The number of hydrogen-bond donors (Lipinski definition) is 0. The van der Waals surface area contributed by atoms with Crippen molar-refractivity contribution in [3.8, 4) is 0 Å². The summed E-state index contributed by atoms with van der Waals surface area (Å²) >= 11 is 0. The second-order valence-corrected chi connectivity index (χ2v) is 29.2. The Morgan fingerprint density at radius 1 is 0.304 bits per heavy atom. The molecule has 0 amide bonds. The molecule has 8 nitrogen and oxygen atoms in total. The number of rotatable bonds is 0. The molecule has 102 heavy (non-hydrogen) atoms. The predicted molar refractivity (Wildman–Crippen MR) is 415 cm³/mol. The van der Waals surface area contributed by atoms with E-state index in [-0.39, 0.29) is 0 Å². The molecule has 20 aromatic rings. The molecule has 14 heterocycles. The van der Waals surface area contributed by atoms with Crippen molar-refractivity contribution < 1.29 is 27.2 Å². The maximum atomic E-state index is 2.46. The summed E-state index contributed by atoms with van der Waals surface area (Å²) in [5.41, 5.74) is 26.6. The monoisotopic (exact) mass is 1310 g/mol. The number of nitrogens with zero attached hydrogens (tertiary/aromatic N) is 8. The van der Waals surface area contributed by atoms with Gasteiger partial charge in [-0.2, -0.15) is 18.3 Å². The van der Waals surface area contributed by atoms with Crippen molar-refractivity contribution in [1.82, 2.24) is 9.25 Å². The number of aryl methyl sites for hydroxylation is 6. The third kappa shape index (κ3) is 8.56. The molecule has 6 aliphatic heterocycles. The van der Waals surface area contributed by atoms with Gasteiger partial charge in [-0.05, 0) is 135 Å². The molecule has 12 aromatic carbocycles. The maximum Gasteiger partial charge on any atom is 0.295 e. The lowest BCUT2D eigenvalue weighted by Gasteiger charge is -2.06. The standard InChI is InChI=1S/2C19H14N.2C15H12N.2C13H11N2/c1-12-9-10-17-15-7-3-2-6-14(15)16-8-4-5-13-11-20(12)19(17)18(13)16;1-12-8-9-15-13-5-2-3-6-14(13)16-7-4-10-20-11-17(12)18(15)19(16)20;1-10-4-5-11-6-7-12-3-2-8-16-9-13(10)14(11)15(12)16;1-10-5-6-12-8-7-11-3-2-4-13-9-16(10)15(12)14(11)13;1-9-7-14-6-5-10-3-2-4-11-8-15(9)13(14)12(10)11;1-9-7-12-6-5-10-3-2-4-11-8-14(9)15(12)13(10)11/h2*2-10H,11H2,1H3;2*2-8H,9H2,1H3;2*2-7H,8H2,1H3/q6*+1. The van der Waals surface area contributed by atoms with Gasteiger partial charge in [0, 0.05) is 101 Å². The summed E-state index contributed by atoms with van der Waals surface area (Å²) in [4.78, 5) is 0. The summed E-state index contributed by atoms with van der Waals surface area (Å²) in [5, 5.41) is 26.4. The van der Waals surface area contributed by atoms with Crippen molar-refractivity contribution in [3.63, 3.8) is 0 Å². The van der Waals surface area contributed by atoms with E-state index in [4.69, 9.17) is 0 Å². The van der Waals surface area contributed by atoms with Crippen LogP contribution in [0.25, 0.3) is 141 Å². The average molecular weight is 1320 g/mol. The summed E-state index contributed by atoms with van der Waals surface area (Å²) in [5.74, 6) is 0. The lowest BCUT2D eigenvalue weighted by Crippen LogP contribution is -2.35. The number of fused-ring (bicyclic) bond motifs is 6. The molecule has 0 N–H and O–H groups in total. The Morgan fingerprint density at radius 3 is 1.56 bits per heavy atom. The molecule has 0 radical (unpaired) electrons. The molecule has 6 aliphatic rings. The minimum Gasteiger partial charge on any atom is -0.223 e. The van der Waals surface area contributed by atoms with E-state index in [0.717, 1.165) is 39.3 Å². The van der Waals surface area contributed by atoms with Crippen LogP contribution in [-0.2, 0) is 39.3 Å². The van der Waals surface area contributed by atoms with Gasteiger partial charge in [0.1, 0.15) is 25.0 Å². The number of hydrogen-bond acceptors (Lipinski definition) is 0. The Bertz CT molecular complexity index is 6720. The molecule has 0 atom stereocenters. The average Bonchev–Trinajstić information content (AvgIpc) is 1.45. The number of imidazole rings is 1. The Kier molecular flexibility index (Phi) is 12.7. The molecule has 0 saturated carbocycles. The lowest BCUT2D eigenvalue weighted by molar-refractivity contribution is -0.664. The number of benzene rings is 12. The van der Waals surface area contributed by atoms with Crippen molar-refractivity contribution in [1.29, 1.82) is 0 Å². The van der Waals surface area contributed by atoms with Crippen LogP contribution in [0.5, 0.6) is 0 Å². The van der Waals surface area contributed by atoms with E-state index < -0.39 is 0 Å². The maximum absolute atomic E-state index is 2.46. The summed E-state index contributed by atoms with van der Waals surface area (Å²) < 4.78 is 18.9. The summed E-state index contributed by atoms with van der Waals surface area (Å²) in [6.45, 7) is 19.3. The fraction of sp³-hybridized carbons (Fsp3) is 0.128. The number of para-hydroxylation sites is 1. The fourth-order valence-corrected chi connectivity index (χ4v) is 18.6. The van der Waals surface area contributed by atoms with E-state index in [1.165, 1.54) is 208 Å². The highest BCUT2D eigenvalue weighted by atomic mass is 15.4. The molecule has 8 aromatic heterocycles. The van der Waals surface area contributed by atoms with E-state index in [9.17, 15) is 0 Å². The van der Waals surface area contributed by atoms with Gasteiger partial charge in [0.05, 0.1) is 55.2 Å². The number of aromatic nitrogens is 8. The van der Waals surface area contributed by atoms with Gasteiger partial charge in [-0.15, -0.1) is 4.68 Å². The SMILES string of the molecule is Cc1c[n+]2ccc3cccc4c3c2n1C4.Cc1cc2ccc3cccc4c3[n+]2n1C4.Cc1ccc2c3ccccc3c3ccc[n+]4c3c2c1C4.Cc1ccc2c3ccccc3c3cccc4c3c2[n+]1C4.Cc1ccc2ccc3ccc[n+]4c3c2c1C4.Cc1ccc2ccc3cccc4c3c2[n+]1C4. The highest BCUT2D eigenvalue weighted by Crippen LogP contribution is 2.41. The van der Waals surface area contributed by atoms with Gasteiger partial charge < -0.3 is 0 Å². The molecule has 0 saturated heterocycles. The molecule has 0 unspecified atom stereocenters. The van der Waals surface area contributed by atoms with Crippen LogP contribution in [0.4, 0.5) is 0 Å². The third-order valence-corrected chi connectivity index (χ3v) is 23.5. The predicted octanol–water partition coefficient (Wildman–Crippen LogP) is 18.2. The first kappa shape index (κ1) is 58.7. The zero-order chi connectivity index (χ0) is 67.9. The highest BCUT2D eigenvalue weighted by molar-refractivity contribution is 6.26. The van der Waals surface area contributed by atoms with Gasteiger partial charge in [0.2, 0.25) is 33.1 Å². The second-order valence-electron chi connectivity index (χ2n) is 29.2. The van der Waals surface area contributed by atoms with Crippen LogP contribution in [0.1, 0.15) is 67.3 Å². The van der Waals surface area contributed by atoms with Crippen molar-refractivity contribution >= 4 is 141 Å². The second kappa shape index (κ2) is 22.1. The van der Waals surface area contributed by atoms with Gasteiger partial charge in [-0.1, -0.05) is 156 Å². The third-order valence-electron chi connectivity index (χ3n) is 23.5. The Hall–Kier alpha value is -12.3. The van der Waals surface area contributed by atoms with Crippen molar-refractivity contribution in [2.45, 2.75) is 80.8 Å². The van der Waals surface area contributed by atoms with Gasteiger partial charge in [0.15, 0.2) is 50.0 Å². The Labute approximate surface area is 589 Å². The van der Waals surface area contributed by atoms with E-state index in [0.29, 0.717) is 0 Å². The molecule has 0 bridgehead atoms. The molecule has 8 heteroatoms.